The highest BCUT2D eigenvalue weighted by Crippen LogP contribution is 2.31. The summed E-state index contributed by atoms with van der Waals surface area (Å²) in [5.74, 6) is 0.105. The summed E-state index contributed by atoms with van der Waals surface area (Å²) >= 11 is 1.23. The highest BCUT2D eigenvalue weighted by molar-refractivity contribution is 7.07. The van der Waals surface area contributed by atoms with Crippen molar-refractivity contribution in [1.29, 1.82) is 0 Å². The molecule has 3 heterocycles. The summed E-state index contributed by atoms with van der Waals surface area (Å²) in [6.07, 6.45) is 1.67. The van der Waals surface area contributed by atoms with Gasteiger partial charge in [0.25, 0.3) is 5.56 Å². The smallest absolute Gasteiger partial charge is 0.338 e. The maximum atomic E-state index is 13.8. The second kappa shape index (κ2) is 10.9. The Hall–Kier alpha value is -4.50. The van der Waals surface area contributed by atoms with Crippen molar-refractivity contribution in [2.75, 3.05) is 13.7 Å². The molecule has 8 nitrogen and oxygen atoms in total. The number of hydrogen-bond acceptors (Lipinski definition) is 8. The van der Waals surface area contributed by atoms with E-state index in [0.29, 0.717) is 37.7 Å². The third-order valence-electron chi connectivity index (χ3n) is 6.81. The topological polar surface area (TPSA) is 100 Å². The van der Waals surface area contributed by atoms with Gasteiger partial charge in [-0.2, -0.15) is 0 Å². The molecule has 204 valence electrons. The number of fused-ring (bicyclic) bond motifs is 1. The molecule has 2 aromatic carbocycles. The second-order valence-corrected chi connectivity index (χ2v) is 10.4. The van der Waals surface area contributed by atoms with Crippen molar-refractivity contribution in [3.8, 4) is 11.3 Å². The second-order valence-electron chi connectivity index (χ2n) is 9.38. The Balaban J connectivity index is 1.61. The summed E-state index contributed by atoms with van der Waals surface area (Å²) in [5, 5.41) is 0. The van der Waals surface area contributed by atoms with Gasteiger partial charge in [0.2, 0.25) is 0 Å². The normalized spacial score (nSPS) is 15.0. The number of hydrogen-bond donors (Lipinski definition) is 0. The van der Waals surface area contributed by atoms with Crippen LogP contribution in [-0.2, 0) is 14.3 Å². The van der Waals surface area contributed by atoms with Crippen LogP contribution in [0.4, 0.5) is 0 Å². The number of aryl methyl sites for hydroxylation is 1. The molecule has 0 aliphatic carbocycles. The first kappa shape index (κ1) is 27.1. The monoisotopic (exact) mass is 556 g/mol. The van der Waals surface area contributed by atoms with E-state index in [1.807, 2.05) is 44.2 Å². The van der Waals surface area contributed by atoms with Gasteiger partial charge in [-0.1, -0.05) is 53.3 Å². The molecule has 1 aliphatic heterocycles. The van der Waals surface area contributed by atoms with Crippen LogP contribution >= 0.6 is 11.3 Å². The molecule has 1 atom stereocenters. The summed E-state index contributed by atoms with van der Waals surface area (Å²) in [4.78, 5) is 44.1. The third-order valence-corrected chi connectivity index (χ3v) is 7.80. The summed E-state index contributed by atoms with van der Waals surface area (Å²) in [5.41, 5.74) is 4.35. The minimum atomic E-state index is -0.672. The van der Waals surface area contributed by atoms with Gasteiger partial charge in [-0.15, -0.1) is 0 Å². The number of benzene rings is 2. The quantitative estimate of drug-likeness (QED) is 0.325. The maximum absolute atomic E-state index is 13.8. The van der Waals surface area contributed by atoms with Crippen LogP contribution in [0.5, 0.6) is 0 Å². The molecule has 2 aromatic heterocycles. The lowest BCUT2D eigenvalue weighted by Gasteiger charge is -2.24. The first-order valence-corrected chi connectivity index (χ1v) is 13.6. The van der Waals surface area contributed by atoms with Gasteiger partial charge in [0.15, 0.2) is 4.80 Å². The number of methoxy groups -OCH3 is 1. The van der Waals surface area contributed by atoms with Crippen LogP contribution in [0.1, 0.15) is 52.7 Å². The molecule has 0 amide bonds. The highest BCUT2D eigenvalue weighted by Gasteiger charge is 2.33. The average molecular weight is 557 g/mol. The fourth-order valence-electron chi connectivity index (χ4n) is 4.79. The van der Waals surface area contributed by atoms with E-state index in [4.69, 9.17) is 13.9 Å². The average Bonchev–Trinajstić information content (AvgIpc) is 3.52. The largest absolute Gasteiger partial charge is 0.465 e. The molecular weight excluding hydrogens is 528 g/mol. The standard InChI is InChI=1S/C31H28N2O6S/c1-6-38-30(36)26-19(4)32-31-33(27(26)20-12-10-17(2)11-13-20)28(34)25(40-31)16-21-14-15-24(39-21)22-8-7-9-23(18(22)3)29(35)37-5/h7-16,27H,6H2,1-5H3/b25-16+/t27-/m1/s1. The minimum Gasteiger partial charge on any atom is -0.465 e. The summed E-state index contributed by atoms with van der Waals surface area (Å²) in [7, 11) is 1.34. The van der Waals surface area contributed by atoms with Gasteiger partial charge < -0.3 is 13.9 Å². The van der Waals surface area contributed by atoms with Crippen molar-refractivity contribution in [2.24, 2.45) is 4.99 Å². The Kier molecular flexibility index (Phi) is 7.40. The number of allylic oxidation sites excluding steroid dienone is 1. The number of ether oxygens (including phenoxy) is 2. The van der Waals surface area contributed by atoms with E-state index < -0.39 is 18.0 Å². The summed E-state index contributed by atoms with van der Waals surface area (Å²) in [6, 6.07) is 15.9. The number of carbonyl (C=O) groups is 2. The lowest BCUT2D eigenvalue weighted by atomic mass is 9.95. The van der Waals surface area contributed by atoms with E-state index >= 15 is 0 Å². The van der Waals surface area contributed by atoms with E-state index in [2.05, 4.69) is 4.99 Å². The molecule has 0 fully saturated rings. The molecule has 40 heavy (non-hydrogen) atoms. The van der Waals surface area contributed by atoms with Crippen molar-refractivity contribution >= 4 is 29.4 Å². The number of furan rings is 1. The maximum Gasteiger partial charge on any atom is 0.338 e. The molecule has 0 saturated heterocycles. The Morgan fingerprint density at radius 3 is 2.50 bits per heavy atom. The van der Waals surface area contributed by atoms with Gasteiger partial charge in [0, 0.05) is 11.6 Å². The van der Waals surface area contributed by atoms with Gasteiger partial charge in [0.05, 0.1) is 41.1 Å². The van der Waals surface area contributed by atoms with Crippen molar-refractivity contribution in [3.05, 3.63) is 114 Å². The fourth-order valence-corrected chi connectivity index (χ4v) is 5.82. The van der Waals surface area contributed by atoms with Gasteiger partial charge in [-0.3, -0.25) is 9.36 Å². The van der Waals surface area contributed by atoms with Crippen LogP contribution in [0.15, 0.2) is 80.1 Å². The van der Waals surface area contributed by atoms with Crippen LogP contribution < -0.4 is 14.9 Å². The molecule has 5 rings (SSSR count). The highest BCUT2D eigenvalue weighted by atomic mass is 32.1. The van der Waals surface area contributed by atoms with Gasteiger partial charge >= 0.3 is 11.9 Å². The molecule has 0 bridgehead atoms. The zero-order valence-corrected chi connectivity index (χ0v) is 23.6. The van der Waals surface area contributed by atoms with Gasteiger partial charge in [-0.25, -0.2) is 14.6 Å². The molecule has 0 saturated carbocycles. The number of rotatable bonds is 6. The van der Waals surface area contributed by atoms with Crippen molar-refractivity contribution in [3.63, 3.8) is 0 Å². The number of thiazole rings is 1. The number of carbonyl (C=O) groups excluding carboxylic acids is 2. The Labute approximate surface area is 234 Å². The van der Waals surface area contributed by atoms with Crippen LogP contribution in [0.3, 0.4) is 0 Å². The molecular formula is C31H28N2O6S. The molecule has 4 aromatic rings. The third kappa shape index (κ3) is 4.84. The number of nitrogens with zero attached hydrogens (tertiary/aromatic N) is 2. The van der Waals surface area contributed by atoms with Crippen molar-refractivity contribution in [2.45, 2.75) is 33.7 Å². The molecule has 9 heteroatoms. The lowest BCUT2D eigenvalue weighted by molar-refractivity contribution is -0.139. The molecule has 1 aliphatic rings. The number of aromatic nitrogens is 1. The van der Waals surface area contributed by atoms with E-state index in [1.165, 1.54) is 18.4 Å². The Morgan fingerprint density at radius 1 is 1.05 bits per heavy atom. The molecule has 0 radical (unpaired) electrons. The van der Waals surface area contributed by atoms with Gasteiger partial charge in [0.1, 0.15) is 11.5 Å². The van der Waals surface area contributed by atoms with E-state index in [1.54, 1.807) is 48.8 Å². The lowest BCUT2D eigenvalue weighted by Crippen LogP contribution is -2.39. The van der Waals surface area contributed by atoms with E-state index in [9.17, 15) is 14.4 Å². The summed E-state index contributed by atoms with van der Waals surface area (Å²) < 4.78 is 18.3. The first-order chi connectivity index (χ1) is 19.2. The van der Waals surface area contributed by atoms with Crippen LogP contribution in [0.2, 0.25) is 0 Å². The van der Waals surface area contributed by atoms with Crippen LogP contribution in [-0.4, -0.2) is 30.2 Å². The van der Waals surface area contributed by atoms with Crippen molar-refractivity contribution < 1.29 is 23.5 Å². The first-order valence-electron chi connectivity index (χ1n) is 12.8. The van der Waals surface area contributed by atoms with Crippen molar-refractivity contribution in [1.82, 2.24) is 4.57 Å². The van der Waals surface area contributed by atoms with E-state index in [-0.39, 0.29) is 12.2 Å². The number of esters is 2. The zero-order valence-electron chi connectivity index (χ0n) is 22.8. The SMILES string of the molecule is CCOC(=O)C1=C(C)N=c2s/c(=C/c3ccc(-c4cccc(C(=O)OC)c4C)o3)c(=O)n2[C@@H]1c1ccc(C)cc1. The summed E-state index contributed by atoms with van der Waals surface area (Å²) in [6.45, 7) is 7.52. The minimum absolute atomic E-state index is 0.212. The zero-order chi connectivity index (χ0) is 28.6. The predicted octanol–water partition coefficient (Wildman–Crippen LogP) is 4.46. The van der Waals surface area contributed by atoms with E-state index in [0.717, 1.165) is 22.3 Å². The van der Waals surface area contributed by atoms with Gasteiger partial charge in [-0.05, 0) is 57.0 Å². The molecule has 0 spiro atoms. The molecule has 0 N–H and O–H groups in total. The predicted molar refractivity (Wildman–Crippen MR) is 152 cm³/mol. The fraction of sp³-hybridized carbons (Fsp3) is 0.226. The molecule has 0 unspecified atom stereocenters. The Morgan fingerprint density at radius 2 is 1.80 bits per heavy atom. The van der Waals surface area contributed by atoms with Crippen LogP contribution in [0, 0.1) is 13.8 Å². The Bertz CT molecular complexity index is 1840. The van der Waals surface area contributed by atoms with Crippen LogP contribution in [0.25, 0.3) is 17.4 Å².